The van der Waals surface area contributed by atoms with E-state index in [0.29, 0.717) is 5.69 Å². The van der Waals surface area contributed by atoms with E-state index in [1.807, 2.05) is 49.4 Å². The standard InChI is InChI=1S/C29H26FN7O3S/c1-18-12-25-19(14-32-37(25)22-10-8-20(30)9-11-22)13-23(18)29-17-36(41(39,40)26-15-31-35(2)34-26)16-24(29)27(29)28(38)33-21-6-4-3-5-7-21/h3-15,24,27H,16-17H2,1-2H3,(H,33,38)/t24-,27+,29+/m1/s1. The van der Waals surface area contributed by atoms with Gasteiger partial charge in [0.15, 0.2) is 0 Å². The molecule has 1 N–H and O–H groups in total. The van der Waals surface area contributed by atoms with Gasteiger partial charge in [0.05, 0.1) is 29.5 Å². The fourth-order valence-electron chi connectivity index (χ4n) is 6.42. The number of carbonyl (C=O) groups is 1. The average Bonchev–Trinajstić information content (AvgIpc) is 3.37. The van der Waals surface area contributed by atoms with Gasteiger partial charge >= 0.3 is 0 Å². The Kier molecular flexibility index (Phi) is 5.64. The molecule has 2 fully saturated rings. The van der Waals surface area contributed by atoms with Crippen molar-refractivity contribution in [3.63, 3.8) is 0 Å². The van der Waals surface area contributed by atoms with E-state index in [-0.39, 0.29) is 35.8 Å². The van der Waals surface area contributed by atoms with E-state index in [9.17, 15) is 17.6 Å². The third kappa shape index (κ3) is 3.97. The van der Waals surface area contributed by atoms with Gasteiger partial charge in [0, 0.05) is 36.6 Å². The number of nitrogens with zero attached hydrogens (tertiary/aromatic N) is 6. The summed E-state index contributed by atoms with van der Waals surface area (Å²) >= 11 is 0. The molecule has 0 bridgehead atoms. The molecule has 3 heterocycles. The Labute approximate surface area is 235 Å². The highest BCUT2D eigenvalue weighted by atomic mass is 32.2. The summed E-state index contributed by atoms with van der Waals surface area (Å²) in [5.74, 6) is -1.11. The number of aryl methyl sites for hydroxylation is 2. The van der Waals surface area contributed by atoms with Crippen LogP contribution in [0.1, 0.15) is 11.1 Å². The summed E-state index contributed by atoms with van der Waals surface area (Å²) in [6, 6.07) is 19.4. The van der Waals surface area contributed by atoms with Gasteiger partial charge in [0.25, 0.3) is 10.0 Å². The molecule has 1 aliphatic heterocycles. The van der Waals surface area contributed by atoms with Crippen LogP contribution in [0.4, 0.5) is 10.1 Å². The molecule has 1 aliphatic carbocycles. The van der Waals surface area contributed by atoms with Crippen molar-refractivity contribution in [2.45, 2.75) is 17.4 Å². The molecule has 1 saturated carbocycles. The molecule has 5 aromatic rings. The summed E-state index contributed by atoms with van der Waals surface area (Å²) in [5, 5.41) is 16.3. The zero-order chi connectivity index (χ0) is 28.5. The number of anilines is 1. The number of aromatic nitrogens is 5. The van der Waals surface area contributed by atoms with Crippen LogP contribution in [0.25, 0.3) is 16.6 Å². The Morgan fingerprint density at radius 3 is 2.51 bits per heavy atom. The molecule has 3 aromatic carbocycles. The number of carbonyl (C=O) groups excluding carboxylic acids is 1. The number of fused-ring (bicyclic) bond motifs is 2. The van der Waals surface area contributed by atoms with Crippen molar-refractivity contribution in [2.75, 3.05) is 18.4 Å². The van der Waals surface area contributed by atoms with Crippen LogP contribution >= 0.6 is 0 Å². The van der Waals surface area contributed by atoms with E-state index < -0.39 is 21.4 Å². The average molecular weight is 572 g/mol. The third-order valence-corrected chi connectivity index (χ3v) is 10.0. The van der Waals surface area contributed by atoms with Crippen molar-refractivity contribution in [3.8, 4) is 5.69 Å². The molecule has 1 saturated heterocycles. The SMILES string of the molecule is Cc1cc2c(cnn2-c2ccc(F)cc2)cc1[C@@]12CN(S(=O)(=O)c3cnn(C)n3)C[C@@H]1[C@H]2C(=O)Nc1ccccc1. The van der Waals surface area contributed by atoms with E-state index in [0.717, 1.165) is 27.7 Å². The maximum atomic E-state index is 13.6. The molecule has 208 valence electrons. The zero-order valence-corrected chi connectivity index (χ0v) is 23.1. The molecule has 12 heteroatoms. The molecule has 2 aromatic heterocycles. The summed E-state index contributed by atoms with van der Waals surface area (Å²) in [6.45, 7) is 2.30. The highest BCUT2D eigenvalue weighted by molar-refractivity contribution is 7.89. The second-order valence-electron chi connectivity index (χ2n) is 10.7. The van der Waals surface area contributed by atoms with Crippen molar-refractivity contribution < 1.29 is 17.6 Å². The summed E-state index contributed by atoms with van der Waals surface area (Å²) < 4.78 is 43.7. The zero-order valence-electron chi connectivity index (χ0n) is 22.3. The van der Waals surface area contributed by atoms with Gasteiger partial charge in [-0.3, -0.25) is 4.79 Å². The van der Waals surface area contributed by atoms with E-state index in [1.54, 1.807) is 30.1 Å². The van der Waals surface area contributed by atoms with Crippen LogP contribution in [0.5, 0.6) is 0 Å². The summed E-state index contributed by atoms with van der Waals surface area (Å²) in [4.78, 5) is 14.9. The van der Waals surface area contributed by atoms with E-state index in [4.69, 9.17) is 0 Å². The summed E-state index contributed by atoms with van der Waals surface area (Å²) in [5.41, 5.74) is 3.36. The lowest BCUT2D eigenvalue weighted by Crippen LogP contribution is -2.37. The van der Waals surface area contributed by atoms with Crippen molar-refractivity contribution in [3.05, 3.63) is 96.1 Å². The number of sulfonamides is 1. The van der Waals surface area contributed by atoms with E-state index in [1.165, 1.54) is 27.4 Å². The molecule has 3 atom stereocenters. The number of para-hydroxylation sites is 1. The third-order valence-electron chi connectivity index (χ3n) is 8.34. The minimum Gasteiger partial charge on any atom is -0.326 e. The van der Waals surface area contributed by atoms with Crippen molar-refractivity contribution in [2.24, 2.45) is 18.9 Å². The number of benzene rings is 3. The Balaban J connectivity index is 1.29. The lowest BCUT2D eigenvalue weighted by molar-refractivity contribution is -0.118. The number of piperidine rings is 1. The van der Waals surface area contributed by atoms with Gasteiger partial charge in [-0.25, -0.2) is 17.5 Å². The molecule has 0 unspecified atom stereocenters. The number of halogens is 1. The number of hydrogen-bond donors (Lipinski definition) is 1. The number of nitrogens with one attached hydrogen (secondary N) is 1. The quantitative estimate of drug-likeness (QED) is 0.334. The number of amides is 1. The van der Waals surface area contributed by atoms with Crippen LogP contribution in [0.15, 0.2) is 84.1 Å². The van der Waals surface area contributed by atoms with E-state index in [2.05, 4.69) is 20.6 Å². The van der Waals surface area contributed by atoms with Crippen LogP contribution in [0.2, 0.25) is 0 Å². The van der Waals surface area contributed by atoms with Crippen LogP contribution in [0.3, 0.4) is 0 Å². The Morgan fingerprint density at radius 2 is 1.80 bits per heavy atom. The van der Waals surface area contributed by atoms with Gasteiger partial charge < -0.3 is 5.32 Å². The molecule has 0 spiro atoms. The molecule has 7 rings (SSSR count). The monoisotopic (exact) mass is 571 g/mol. The van der Waals surface area contributed by atoms with Crippen LogP contribution in [0, 0.1) is 24.6 Å². The van der Waals surface area contributed by atoms with Gasteiger partial charge in [0.1, 0.15) is 5.82 Å². The topological polar surface area (TPSA) is 115 Å². The number of hydrogen-bond acceptors (Lipinski definition) is 6. The van der Waals surface area contributed by atoms with Gasteiger partial charge in [-0.2, -0.15) is 19.3 Å². The Morgan fingerprint density at radius 1 is 1.05 bits per heavy atom. The molecule has 10 nitrogen and oxygen atoms in total. The van der Waals surface area contributed by atoms with Crippen LogP contribution in [-0.2, 0) is 27.3 Å². The molecule has 2 aliphatic rings. The van der Waals surface area contributed by atoms with Gasteiger partial charge in [-0.15, -0.1) is 5.10 Å². The predicted molar refractivity (Wildman–Crippen MR) is 149 cm³/mol. The van der Waals surface area contributed by atoms with Gasteiger partial charge in [-0.1, -0.05) is 18.2 Å². The Bertz CT molecular complexity index is 1920. The first-order valence-electron chi connectivity index (χ1n) is 13.2. The predicted octanol–water partition coefficient (Wildman–Crippen LogP) is 3.43. The minimum absolute atomic E-state index is 0.116. The van der Waals surface area contributed by atoms with Crippen LogP contribution in [-0.4, -0.2) is 56.5 Å². The maximum absolute atomic E-state index is 13.6. The van der Waals surface area contributed by atoms with Crippen molar-refractivity contribution in [1.82, 2.24) is 29.1 Å². The van der Waals surface area contributed by atoms with Gasteiger partial charge in [-0.05, 0) is 72.5 Å². The van der Waals surface area contributed by atoms with Gasteiger partial charge in [0.2, 0.25) is 10.9 Å². The van der Waals surface area contributed by atoms with Crippen molar-refractivity contribution >= 4 is 32.5 Å². The smallest absolute Gasteiger partial charge is 0.264 e. The lowest BCUT2D eigenvalue weighted by atomic mass is 9.88. The van der Waals surface area contributed by atoms with E-state index >= 15 is 0 Å². The number of rotatable bonds is 6. The highest BCUT2D eigenvalue weighted by Crippen LogP contribution is 2.65. The minimum atomic E-state index is -3.91. The summed E-state index contributed by atoms with van der Waals surface area (Å²) in [7, 11) is -2.34. The maximum Gasteiger partial charge on any atom is 0.264 e. The molecule has 0 radical (unpaired) electrons. The van der Waals surface area contributed by atoms with Crippen LogP contribution < -0.4 is 5.32 Å². The normalized spacial score (nSPS) is 22.1. The second kappa shape index (κ2) is 9.05. The second-order valence-corrected chi connectivity index (χ2v) is 12.6. The molecule has 1 amide bonds. The molecular weight excluding hydrogens is 545 g/mol. The lowest BCUT2D eigenvalue weighted by Gasteiger charge is -2.24. The fourth-order valence-corrected chi connectivity index (χ4v) is 7.82. The highest BCUT2D eigenvalue weighted by Gasteiger charge is 2.74. The largest absolute Gasteiger partial charge is 0.326 e. The summed E-state index contributed by atoms with van der Waals surface area (Å²) in [6.07, 6.45) is 2.98. The molecular formula is C29H26FN7O3S. The first kappa shape index (κ1) is 25.5. The first-order valence-corrected chi connectivity index (χ1v) is 14.6. The Hall–Kier alpha value is -4.42. The molecule has 41 heavy (non-hydrogen) atoms. The fraction of sp³-hybridized carbons (Fsp3) is 0.241. The van der Waals surface area contributed by atoms with Crippen molar-refractivity contribution in [1.29, 1.82) is 0 Å². The first-order chi connectivity index (χ1) is 19.7.